The van der Waals surface area contributed by atoms with Gasteiger partial charge in [-0.2, -0.15) is 13.2 Å². The number of nitrogens with two attached hydrogens (primary N) is 1. The Kier molecular flexibility index (Phi) is 9.46. The summed E-state index contributed by atoms with van der Waals surface area (Å²) in [5.41, 5.74) is 5.68. The van der Waals surface area contributed by atoms with Crippen LogP contribution in [-0.4, -0.2) is 53.9 Å². The smallest absolute Gasteiger partial charge is 0.471 e. The van der Waals surface area contributed by atoms with Crippen molar-refractivity contribution in [3.8, 4) is 5.75 Å². The van der Waals surface area contributed by atoms with E-state index in [9.17, 15) is 37.1 Å². The average molecular weight is 523 g/mol. The number of halogens is 3. The first-order chi connectivity index (χ1) is 17.3. The van der Waals surface area contributed by atoms with Gasteiger partial charge < -0.3 is 25.3 Å². The third-order valence-electron chi connectivity index (χ3n) is 4.37. The van der Waals surface area contributed by atoms with E-state index in [1.54, 1.807) is 6.07 Å². The van der Waals surface area contributed by atoms with Gasteiger partial charge in [0.05, 0.1) is 6.42 Å². The summed E-state index contributed by atoms with van der Waals surface area (Å²) in [6.07, 6.45) is -10.5. The van der Waals surface area contributed by atoms with E-state index in [-0.39, 0.29) is 17.1 Å². The maximum Gasteiger partial charge on any atom is 0.491 e. The molecule has 0 saturated heterocycles. The summed E-state index contributed by atoms with van der Waals surface area (Å²) in [6.45, 7) is 0.958. The quantitative estimate of drug-likeness (QED) is 0.137. The summed E-state index contributed by atoms with van der Waals surface area (Å²) < 4.78 is 51.4. The van der Waals surface area contributed by atoms with Crippen LogP contribution in [0, 0.1) is 5.41 Å². The third kappa shape index (κ3) is 8.76. The Morgan fingerprint density at radius 3 is 2.05 bits per heavy atom. The van der Waals surface area contributed by atoms with Crippen molar-refractivity contribution in [2.75, 3.05) is 0 Å². The minimum Gasteiger partial charge on any atom is -0.471 e. The number of alkyl halides is 3. The van der Waals surface area contributed by atoms with Crippen LogP contribution in [0.5, 0.6) is 5.75 Å². The summed E-state index contributed by atoms with van der Waals surface area (Å²) in [5.74, 6) is -8.28. The summed E-state index contributed by atoms with van der Waals surface area (Å²) in [5, 5.41) is 9.59. The molecule has 0 aliphatic rings. The molecule has 11 nitrogen and oxygen atoms in total. The topological polar surface area (TPSA) is 175 Å². The molecule has 0 fully saturated rings. The van der Waals surface area contributed by atoms with E-state index in [2.05, 4.69) is 10.1 Å². The minimum atomic E-state index is -5.53. The first-order valence-electron chi connectivity index (χ1n) is 10.3. The van der Waals surface area contributed by atoms with Crippen LogP contribution >= 0.6 is 0 Å². The standard InChI is InChI=1S/C23H20F3N3O8/c1-12(30)35-17(29-20(32)14-9-7-13(8-10-14)19(27)28)11-16(31)18(36-15-5-3-2-4-6-15)21(33)37-22(34)23(24,25)26/h2-10,17-18H,11H2,1H3,(H3,27,28)(H,29,32). The molecule has 0 heterocycles. The highest BCUT2D eigenvalue weighted by Crippen LogP contribution is 2.19. The molecule has 0 radical (unpaired) electrons. The molecule has 0 aliphatic heterocycles. The number of hydrogen-bond acceptors (Lipinski definition) is 9. The zero-order valence-electron chi connectivity index (χ0n) is 19.0. The number of nitrogens with one attached hydrogen (secondary N) is 2. The van der Waals surface area contributed by atoms with Crippen molar-refractivity contribution in [2.45, 2.75) is 31.9 Å². The van der Waals surface area contributed by atoms with Crippen LogP contribution in [0.25, 0.3) is 0 Å². The van der Waals surface area contributed by atoms with Crippen molar-refractivity contribution in [1.29, 1.82) is 5.41 Å². The van der Waals surface area contributed by atoms with Crippen molar-refractivity contribution < 1.29 is 51.4 Å². The number of rotatable bonds is 10. The second-order valence-electron chi connectivity index (χ2n) is 7.25. The lowest BCUT2D eigenvalue weighted by atomic mass is 10.1. The fourth-order valence-corrected chi connectivity index (χ4v) is 2.73. The van der Waals surface area contributed by atoms with Crippen LogP contribution in [0.2, 0.25) is 0 Å². The molecule has 0 spiro atoms. The number of carbonyl (C=O) groups excluding carboxylic acids is 5. The summed E-state index contributed by atoms with van der Waals surface area (Å²) in [7, 11) is 0. The van der Waals surface area contributed by atoms with E-state index in [0.717, 1.165) is 6.92 Å². The number of esters is 3. The Bertz CT molecular complexity index is 1180. The molecule has 2 unspecified atom stereocenters. The maximum absolute atomic E-state index is 12.9. The van der Waals surface area contributed by atoms with E-state index in [0.29, 0.717) is 5.56 Å². The predicted molar refractivity (Wildman–Crippen MR) is 118 cm³/mol. The molecular formula is C23H20F3N3O8. The summed E-state index contributed by atoms with van der Waals surface area (Å²) in [4.78, 5) is 60.3. The third-order valence-corrected chi connectivity index (χ3v) is 4.37. The average Bonchev–Trinajstić information content (AvgIpc) is 2.81. The molecule has 2 rings (SSSR count). The number of Topliss-reactive ketones (excluding diaryl/α,β-unsaturated/α-hetero) is 1. The highest BCUT2D eigenvalue weighted by atomic mass is 19.4. The fourth-order valence-electron chi connectivity index (χ4n) is 2.73. The van der Waals surface area contributed by atoms with Crippen molar-refractivity contribution in [1.82, 2.24) is 5.32 Å². The Morgan fingerprint density at radius 2 is 1.54 bits per heavy atom. The number of para-hydroxylation sites is 1. The van der Waals surface area contributed by atoms with Crippen LogP contribution < -0.4 is 15.8 Å². The molecule has 0 aliphatic carbocycles. The van der Waals surface area contributed by atoms with Gasteiger partial charge in [-0.3, -0.25) is 19.8 Å². The van der Waals surface area contributed by atoms with Crippen LogP contribution in [-0.2, 0) is 28.7 Å². The number of nitrogen functional groups attached to an aromatic ring is 1. The number of ketones is 1. The molecule has 1 amide bonds. The van der Waals surface area contributed by atoms with Gasteiger partial charge in [-0.25, -0.2) is 9.59 Å². The van der Waals surface area contributed by atoms with Gasteiger partial charge in [-0.1, -0.05) is 30.3 Å². The van der Waals surface area contributed by atoms with Crippen LogP contribution in [0.15, 0.2) is 54.6 Å². The normalized spacial score (nSPS) is 12.4. The van der Waals surface area contributed by atoms with Crippen molar-refractivity contribution >= 4 is 35.4 Å². The molecule has 2 aromatic carbocycles. The zero-order chi connectivity index (χ0) is 27.8. The van der Waals surface area contributed by atoms with Crippen molar-refractivity contribution in [3.63, 3.8) is 0 Å². The molecule has 0 bridgehead atoms. The second kappa shape index (κ2) is 12.3. The van der Waals surface area contributed by atoms with E-state index in [4.69, 9.17) is 20.6 Å². The highest BCUT2D eigenvalue weighted by molar-refractivity contribution is 6.06. The molecule has 4 N–H and O–H groups in total. The van der Waals surface area contributed by atoms with Gasteiger partial charge in [-0.05, 0) is 24.3 Å². The molecule has 196 valence electrons. The predicted octanol–water partition coefficient (Wildman–Crippen LogP) is 1.63. The van der Waals surface area contributed by atoms with E-state index in [1.807, 2.05) is 0 Å². The summed E-state index contributed by atoms with van der Waals surface area (Å²) in [6, 6.07) is 12.3. The first kappa shape index (κ1) is 28.5. The lowest BCUT2D eigenvalue weighted by molar-refractivity contribution is -0.203. The second-order valence-corrected chi connectivity index (χ2v) is 7.25. The van der Waals surface area contributed by atoms with Gasteiger partial charge in [0.1, 0.15) is 11.6 Å². The van der Waals surface area contributed by atoms with E-state index >= 15 is 0 Å². The van der Waals surface area contributed by atoms with Gasteiger partial charge in [-0.15, -0.1) is 0 Å². The van der Waals surface area contributed by atoms with E-state index < -0.39 is 54.5 Å². The Hall–Kier alpha value is -4.75. The van der Waals surface area contributed by atoms with Crippen LogP contribution in [0.4, 0.5) is 13.2 Å². The molecule has 14 heteroatoms. The Morgan fingerprint density at radius 1 is 0.973 bits per heavy atom. The van der Waals surface area contributed by atoms with E-state index in [1.165, 1.54) is 48.5 Å². The van der Waals surface area contributed by atoms with Gasteiger partial charge in [0.25, 0.3) is 12.0 Å². The molecule has 2 atom stereocenters. The lowest BCUT2D eigenvalue weighted by Crippen LogP contribution is -2.45. The number of hydrogen-bond donors (Lipinski definition) is 3. The maximum atomic E-state index is 12.9. The Labute approximate surface area is 207 Å². The molecular weight excluding hydrogens is 503 g/mol. The van der Waals surface area contributed by atoms with Crippen LogP contribution in [0.3, 0.4) is 0 Å². The van der Waals surface area contributed by atoms with Crippen molar-refractivity contribution in [2.24, 2.45) is 5.73 Å². The zero-order valence-corrected chi connectivity index (χ0v) is 19.0. The monoisotopic (exact) mass is 523 g/mol. The van der Waals surface area contributed by atoms with Crippen molar-refractivity contribution in [3.05, 3.63) is 65.7 Å². The fraction of sp³-hybridized carbons (Fsp3) is 0.217. The lowest BCUT2D eigenvalue weighted by Gasteiger charge is -2.21. The number of ether oxygens (including phenoxy) is 3. The number of carbonyl (C=O) groups is 5. The molecule has 2 aromatic rings. The SMILES string of the molecule is CC(=O)OC(CC(=O)C(Oc1ccccc1)C(=O)OC(=O)C(F)(F)F)NC(=O)c1ccc(C(=N)N)cc1. The largest absolute Gasteiger partial charge is 0.491 e. The molecule has 0 saturated carbocycles. The number of amides is 1. The van der Waals surface area contributed by atoms with Gasteiger partial charge >= 0.3 is 24.1 Å². The number of amidine groups is 1. The highest BCUT2D eigenvalue weighted by Gasteiger charge is 2.45. The van der Waals surface area contributed by atoms with Crippen LogP contribution in [0.1, 0.15) is 29.3 Å². The Balaban J connectivity index is 2.24. The van der Waals surface area contributed by atoms with Gasteiger partial charge in [0.15, 0.2) is 12.0 Å². The summed E-state index contributed by atoms with van der Waals surface area (Å²) >= 11 is 0. The minimum absolute atomic E-state index is 0.0156. The molecule has 0 aromatic heterocycles. The van der Waals surface area contributed by atoms with Gasteiger partial charge in [0, 0.05) is 18.1 Å². The van der Waals surface area contributed by atoms with Gasteiger partial charge in [0.2, 0.25) is 0 Å². The molecule has 37 heavy (non-hydrogen) atoms. The first-order valence-corrected chi connectivity index (χ1v) is 10.3. The number of benzene rings is 2.